The van der Waals surface area contributed by atoms with Crippen LogP contribution in [-0.4, -0.2) is 38.0 Å². The lowest BCUT2D eigenvalue weighted by molar-refractivity contribution is -0.0500. The van der Waals surface area contributed by atoms with Crippen LogP contribution in [0.2, 0.25) is 0 Å². The van der Waals surface area contributed by atoms with Gasteiger partial charge in [0.1, 0.15) is 5.75 Å². The van der Waals surface area contributed by atoms with E-state index in [1.807, 2.05) is 0 Å². The van der Waals surface area contributed by atoms with Crippen molar-refractivity contribution in [3.63, 3.8) is 0 Å². The van der Waals surface area contributed by atoms with E-state index < -0.39 is 15.6 Å². The first-order valence-electron chi connectivity index (χ1n) is 8.60. The van der Waals surface area contributed by atoms with Crippen LogP contribution in [0.3, 0.4) is 0 Å². The molecule has 2 atom stereocenters. The fourth-order valence-electron chi connectivity index (χ4n) is 4.09. The molecule has 4 rings (SSSR count). The standard InChI is InChI=1S/C17H20F3NO3S/c18-17(19,20)25(22,23)24-15-4-3-12-7-14-8-13(16(12)9-15)5-6-21(14)10-11-1-2-11/h3-4,9,11,13-14H,1-2,5-8,10H2. The lowest BCUT2D eigenvalue weighted by atomic mass is 9.75. The molecule has 1 aliphatic heterocycles. The molecule has 0 radical (unpaired) electrons. The van der Waals surface area contributed by atoms with E-state index in [9.17, 15) is 21.6 Å². The Balaban J connectivity index is 1.54. The van der Waals surface area contributed by atoms with Crippen LogP contribution < -0.4 is 4.18 Å². The highest BCUT2D eigenvalue weighted by Gasteiger charge is 2.48. The van der Waals surface area contributed by atoms with Gasteiger partial charge in [-0.1, -0.05) is 6.07 Å². The molecule has 1 aromatic rings. The van der Waals surface area contributed by atoms with Gasteiger partial charge in [-0.25, -0.2) is 0 Å². The van der Waals surface area contributed by atoms with Crippen molar-refractivity contribution < 1.29 is 25.8 Å². The van der Waals surface area contributed by atoms with E-state index in [4.69, 9.17) is 0 Å². The van der Waals surface area contributed by atoms with Gasteiger partial charge in [-0.3, -0.25) is 4.90 Å². The molecule has 1 heterocycles. The Morgan fingerprint density at radius 3 is 2.64 bits per heavy atom. The number of halogens is 3. The summed E-state index contributed by atoms with van der Waals surface area (Å²) in [4.78, 5) is 2.55. The molecule has 2 bridgehead atoms. The molecule has 1 saturated carbocycles. The summed E-state index contributed by atoms with van der Waals surface area (Å²) in [6.07, 6.45) is 5.43. The van der Waals surface area contributed by atoms with E-state index in [1.165, 1.54) is 25.0 Å². The Labute approximate surface area is 145 Å². The summed E-state index contributed by atoms with van der Waals surface area (Å²) in [6.45, 7) is 2.15. The van der Waals surface area contributed by atoms with Crippen LogP contribution in [0.15, 0.2) is 18.2 Å². The van der Waals surface area contributed by atoms with Crippen molar-refractivity contribution in [3.05, 3.63) is 29.3 Å². The zero-order chi connectivity index (χ0) is 17.8. The highest BCUT2D eigenvalue weighted by atomic mass is 32.2. The Hall–Kier alpha value is -1.28. The van der Waals surface area contributed by atoms with Gasteiger partial charge in [0.25, 0.3) is 0 Å². The van der Waals surface area contributed by atoms with Crippen LogP contribution in [0, 0.1) is 5.92 Å². The van der Waals surface area contributed by atoms with Gasteiger partial charge in [0, 0.05) is 12.6 Å². The first kappa shape index (κ1) is 17.1. The van der Waals surface area contributed by atoms with Gasteiger partial charge in [-0.2, -0.15) is 21.6 Å². The molecule has 8 heteroatoms. The van der Waals surface area contributed by atoms with E-state index in [0.717, 1.165) is 49.4 Å². The SMILES string of the molecule is O=S(=O)(Oc1ccc2c(c1)C1CCN(CC3CC3)C(C2)C1)C(F)(F)F. The van der Waals surface area contributed by atoms with Crippen LogP contribution in [0.5, 0.6) is 5.75 Å². The molecule has 0 spiro atoms. The summed E-state index contributed by atoms with van der Waals surface area (Å²) < 4.78 is 64.2. The highest BCUT2D eigenvalue weighted by Crippen LogP contribution is 2.43. The lowest BCUT2D eigenvalue weighted by Crippen LogP contribution is -2.46. The van der Waals surface area contributed by atoms with Crippen LogP contribution in [0.1, 0.15) is 42.7 Å². The number of benzene rings is 1. The third kappa shape index (κ3) is 3.38. The van der Waals surface area contributed by atoms with E-state index in [1.54, 1.807) is 6.07 Å². The highest BCUT2D eigenvalue weighted by molar-refractivity contribution is 7.88. The van der Waals surface area contributed by atoms with Gasteiger partial charge >= 0.3 is 15.6 Å². The number of piperidine rings is 1. The maximum atomic E-state index is 12.5. The number of alkyl halides is 3. The van der Waals surface area contributed by atoms with Gasteiger partial charge in [0.05, 0.1) is 0 Å². The van der Waals surface area contributed by atoms with Crippen molar-refractivity contribution in [3.8, 4) is 5.75 Å². The minimum atomic E-state index is -5.62. The Bertz CT molecular complexity index is 774. The quantitative estimate of drug-likeness (QED) is 0.598. The van der Waals surface area contributed by atoms with Crippen LogP contribution in [0.4, 0.5) is 13.2 Å². The van der Waals surface area contributed by atoms with Crippen LogP contribution in [-0.2, 0) is 16.5 Å². The van der Waals surface area contributed by atoms with Crippen molar-refractivity contribution in [1.82, 2.24) is 4.90 Å². The zero-order valence-corrected chi connectivity index (χ0v) is 14.4. The third-order valence-corrected chi connectivity index (χ3v) is 6.51. The first-order valence-corrected chi connectivity index (χ1v) is 10.0. The molecular weight excluding hydrogens is 355 g/mol. The second-order valence-corrected chi connectivity index (χ2v) is 8.90. The minimum Gasteiger partial charge on any atom is -0.376 e. The zero-order valence-electron chi connectivity index (χ0n) is 13.6. The normalized spacial score (nSPS) is 27.0. The fraction of sp³-hybridized carbons (Fsp3) is 0.647. The molecular formula is C17H20F3NO3S. The Kier molecular flexibility index (Phi) is 4.03. The third-order valence-electron chi connectivity index (χ3n) is 5.53. The second-order valence-electron chi connectivity index (χ2n) is 7.36. The van der Waals surface area contributed by atoms with E-state index in [-0.39, 0.29) is 11.7 Å². The van der Waals surface area contributed by atoms with Crippen LogP contribution in [0.25, 0.3) is 0 Å². The summed E-state index contributed by atoms with van der Waals surface area (Å²) in [5.74, 6) is 0.845. The Morgan fingerprint density at radius 2 is 1.96 bits per heavy atom. The van der Waals surface area contributed by atoms with Crippen molar-refractivity contribution in [1.29, 1.82) is 0 Å². The monoisotopic (exact) mass is 375 g/mol. The predicted octanol–water partition coefficient (Wildman–Crippen LogP) is 3.43. The molecule has 3 aliphatic rings. The van der Waals surface area contributed by atoms with Crippen molar-refractivity contribution in [2.45, 2.75) is 49.6 Å². The summed E-state index contributed by atoms with van der Waals surface area (Å²) in [7, 11) is -5.62. The number of hydrogen-bond donors (Lipinski definition) is 0. The number of hydrogen-bond acceptors (Lipinski definition) is 4. The number of rotatable bonds is 4. The number of fused-ring (bicyclic) bond motifs is 4. The van der Waals surface area contributed by atoms with Gasteiger partial charge in [-0.05, 0) is 73.7 Å². The Morgan fingerprint density at radius 1 is 1.20 bits per heavy atom. The molecule has 2 unspecified atom stereocenters. The average molecular weight is 375 g/mol. The van der Waals surface area contributed by atoms with Crippen LogP contribution >= 0.6 is 0 Å². The van der Waals surface area contributed by atoms with Gasteiger partial charge < -0.3 is 4.18 Å². The van der Waals surface area contributed by atoms with E-state index >= 15 is 0 Å². The lowest BCUT2D eigenvalue weighted by Gasteiger charge is -2.44. The van der Waals surface area contributed by atoms with E-state index in [2.05, 4.69) is 9.08 Å². The smallest absolute Gasteiger partial charge is 0.376 e. The van der Waals surface area contributed by atoms with Crippen molar-refractivity contribution in [2.24, 2.45) is 5.92 Å². The predicted molar refractivity (Wildman–Crippen MR) is 85.8 cm³/mol. The number of nitrogens with zero attached hydrogens (tertiary/aromatic N) is 1. The summed E-state index contributed by atoms with van der Waals surface area (Å²) in [6, 6.07) is 5.01. The van der Waals surface area contributed by atoms with Gasteiger partial charge in [0.15, 0.2) is 0 Å². The second kappa shape index (κ2) is 5.87. The molecule has 1 aromatic carbocycles. The van der Waals surface area contributed by atoms with Crippen molar-refractivity contribution in [2.75, 3.05) is 13.1 Å². The molecule has 138 valence electrons. The molecule has 2 aliphatic carbocycles. The molecule has 0 amide bonds. The average Bonchev–Trinajstić information content (AvgIpc) is 3.33. The van der Waals surface area contributed by atoms with Crippen molar-refractivity contribution >= 4 is 10.1 Å². The fourth-order valence-corrected chi connectivity index (χ4v) is 4.54. The van der Waals surface area contributed by atoms with Gasteiger partial charge in [-0.15, -0.1) is 0 Å². The van der Waals surface area contributed by atoms with E-state index in [0.29, 0.717) is 6.04 Å². The topological polar surface area (TPSA) is 46.6 Å². The summed E-state index contributed by atoms with van der Waals surface area (Å²) in [5.41, 5.74) is -3.38. The largest absolute Gasteiger partial charge is 0.534 e. The molecule has 2 fully saturated rings. The molecule has 4 nitrogen and oxygen atoms in total. The first-order chi connectivity index (χ1) is 11.7. The maximum Gasteiger partial charge on any atom is 0.534 e. The summed E-state index contributed by atoms with van der Waals surface area (Å²) in [5, 5.41) is 0. The summed E-state index contributed by atoms with van der Waals surface area (Å²) >= 11 is 0. The minimum absolute atomic E-state index is 0.255. The number of likely N-dealkylation sites (tertiary alicyclic amines) is 1. The molecule has 1 saturated heterocycles. The van der Waals surface area contributed by atoms with Gasteiger partial charge in [0.2, 0.25) is 0 Å². The maximum absolute atomic E-state index is 12.5. The molecule has 0 aromatic heterocycles. The molecule has 0 N–H and O–H groups in total. The molecule has 25 heavy (non-hydrogen) atoms.